The zero-order valence-corrected chi connectivity index (χ0v) is 14.0. The molecule has 2 aliphatic rings. The van der Waals surface area contributed by atoms with Crippen molar-refractivity contribution < 1.29 is 9.53 Å². The van der Waals surface area contributed by atoms with Crippen LogP contribution in [0.15, 0.2) is 42.7 Å². The van der Waals surface area contributed by atoms with E-state index in [4.69, 9.17) is 16.3 Å². The van der Waals surface area contributed by atoms with E-state index in [1.165, 1.54) is 0 Å². The van der Waals surface area contributed by atoms with Crippen LogP contribution in [0.3, 0.4) is 0 Å². The van der Waals surface area contributed by atoms with E-state index in [1.807, 2.05) is 24.3 Å². The first-order valence-electron chi connectivity index (χ1n) is 8.24. The molecule has 0 bridgehead atoms. The number of aromatic amines is 1. The zero-order chi connectivity index (χ0) is 16.5. The third-order valence-electron chi connectivity index (χ3n) is 4.86. The summed E-state index contributed by atoms with van der Waals surface area (Å²) in [7, 11) is 0. The molecule has 24 heavy (non-hydrogen) atoms. The number of amides is 1. The smallest absolute Gasteiger partial charge is 0.253 e. The number of rotatable bonds is 3. The molecule has 2 fully saturated rings. The van der Waals surface area contributed by atoms with Gasteiger partial charge in [0.05, 0.1) is 18.3 Å². The van der Waals surface area contributed by atoms with Gasteiger partial charge < -0.3 is 15.0 Å². The largest absolute Gasteiger partial charge is 0.371 e. The Bertz CT molecular complexity index is 702. The second-order valence-electron chi connectivity index (χ2n) is 6.49. The van der Waals surface area contributed by atoms with E-state index in [9.17, 15) is 4.79 Å². The van der Waals surface area contributed by atoms with Crippen LogP contribution in [0.5, 0.6) is 0 Å². The number of hydrogen-bond donors (Lipinski definition) is 2. The highest BCUT2D eigenvalue weighted by Crippen LogP contribution is 2.30. The monoisotopic (exact) mass is 345 g/mol. The lowest BCUT2D eigenvalue weighted by Gasteiger charge is -2.35. The molecule has 3 heterocycles. The van der Waals surface area contributed by atoms with Crippen LogP contribution in [-0.2, 0) is 4.74 Å². The summed E-state index contributed by atoms with van der Waals surface area (Å²) in [5, 5.41) is 3.86. The number of aromatic nitrogens is 1. The van der Waals surface area contributed by atoms with Gasteiger partial charge in [-0.05, 0) is 30.2 Å². The molecule has 3 atom stereocenters. The first-order valence-corrected chi connectivity index (χ1v) is 8.61. The molecule has 2 aliphatic heterocycles. The number of carbonyl (C=O) groups is 1. The van der Waals surface area contributed by atoms with Crippen molar-refractivity contribution in [2.75, 3.05) is 19.7 Å². The Hall–Kier alpha value is -1.82. The zero-order valence-electron chi connectivity index (χ0n) is 13.2. The van der Waals surface area contributed by atoms with Crippen LogP contribution in [-0.4, -0.2) is 47.6 Å². The molecule has 6 heteroatoms. The van der Waals surface area contributed by atoms with Gasteiger partial charge in [-0.2, -0.15) is 0 Å². The number of hydrogen-bond acceptors (Lipinski definition) is 3. The molecule has 1 amide bonds. The lowest BCUT2D eigenvalue weighted by atomic mass is 10.1. The van der Waals surface area contributed by atoms with Gasteiger partial charge in [0.15, 0.2) is 0 Å². The molecule has 2 aromatic rings. The highest BCUT2D eigenvalue weighted by atomic mass is 35.5. The number of carbonyl (C=O) groups excluding carboxylic acids is 1. The fourth-order valence-electron chi connectivity index (χ4n) is 3.59. The van der Waals surface area contributed by atoms with Gasteiger partial charge in [-0.25, -0.2) is 0 Å². The van der Waals surface area contributed by atoms with Gasteiger partial charge in [-0.3, -0.25) is 9.69 Å². The van der Waals surface area contributed by atoms with Gasteiger partial charge in [0.2, 0.25) is 0 Å². The quantitative estimate of drug-likeness (QED) is 0.899. The highest BCUT2D eigenvalue weighted by molar-refractivity contribution is 6.30. The molecule has 0 unspecified atom stereocenters. The molecule has 4 rings (SSSR count). The molecule has 2 saturated heterocycles. The number of nitrogens with one attached hydrogen (secondary N) is 2. The van der Waals surface area contributed by atoms with Crippen molar-refractivity contribution in [3.63, 3.8) is 0 Å². The fraction of sp³-hybridized carbons (Fsp3) is 0.389. The second-order valence-corrected chi connectivity index (χ2v) is 6.92. The Morgan fingerprint density at radius 3 is 2.83 bits per heavy atom. The number of ether oxygens (including phenoxy) is 1. The summed E-state index contributed by atoms with van der Waals surface area (Å²) in [6.07, 6.45) is 4.48. The normalized spacial score (nSPS) is 27.0. The van der Waals surface area contributed by atoms with Crippen LogP contribution in [0, 0.1) is 0 Å². The van der Waals surface area contributed by atoms with Crippen LogP contribution in [0.1, 0.15) is 28.4 Å². The van der Waals surface area contributed by atoms with Crippen molar-refractivity contribution in [3.05, 3.63) is 58.9 Å². The summed E-state index contributed by atoms with van der Waals surface area (Å²) in [6.45, 7) is 2.42. The standard InChI is InChI=1S/C18H20ClN3O2/c19-14-3-1-12(2-4-14)17-10-22-9-15(7-16(22)11-24-17)21-18(23)13-5-6-20-8-13/h1-6,8,15-17,20H,7,9-11H2,(H,21,23)/t15-,16-,17+/m0/s1. The first kappa shape index (κ1) is 15.7. The van der Waals surface area contributed by atoms with Crippen molar-refractivity contribution >= 4 is 17.5 Å². The van der Waals surface area contributed by atoms with Crippen LogP contribution in [0.25, 0.3) is 0 Å². The summed E-state index contributed by atoms with van der Waals surface area (Å²) in [5.74, 6) is -0.0173. The second kappa shape index (κ2) is 6.59. The number of fused-ring (bicyclic) bond motifs is 1. The van der Waals surface area contributed by atoms with E-state index in [-0.39, 0.29) is 18.1 Å². The molecule has 0 saturated carbocycles. The van der Waals surface area contributed by atoms with Crippen LogP contribution >= 0.6 is 11.6 Å². The summed E-state index contributed by atoms with van der Waals surface area (Å²) in [6, 6.07) is 10.2. The van der Waals surface area contributed by atoms with Crippen molar-refractivity contribution in [2.24, 2.45) is 0 Å². The number of morpholine rings is 1. The van der Waals surface area contributed by atoms with Crippen molar-refractivity contribution in [1.82, 2.24) is 15.2 Å². The average Bonchev–Trinajstić information content (AvgIpc) is 3.24. The van der Waals surface area contributed by atoms with Crippen LogP contribution in [0.2, 0.25) is 5.02 Å². The van der Waals surface area contributed by atoms with Crippen molar-refractivity contribution in [1.29, 1.82) is 0 Å². The topological polar surface area (TPSA) is 57.4 Å². The molecular weight excluding hydrogens is 326 g/mol. The molecule has 0 spiro atoms. The van der Waals surface area contributed by atoms with Gasteiger partial charge >= 0.3 is 0 Å². The van der Waals surface area contributed by atoms with E-state index < -0.39 is 0 Å². The molecule has 0 radical (unpaired) electrons. The third-order valence-corrected chi connectivity index (χ3v) is 5.11. The van der Waals surface area contributed by atoms with Gasteiger partial charge in [0.1, 0.15) is 0 Å². The Morgan fingerprint density at radius 2 is 2.08 bits per heavy atom. The van der Waals surface area contributed by atoms with Crippen LogP contribution < -0.4 is 5.32 Å². The first-order chi connectivity index (χ1) is 11.7. The molecule has 0 aliphatic carbocycles. The predicted molar refractivity (Wildman–Crippen MR) is 92.2 cm³/mol. The Balaban J connectivity index is 1.37. The molecule has 2 N–H and O–H groups in total. The van der Waals surface area contributed by atoms with E-state index in [1.54, 1.807) is 18.5 Å². The summed E-state index contributed by atoms with van der Waals surface area (Å²) >= 11 is 5.96. The van der Waals surface area contributed by atoms with E-state index in [0.717, 1.165) is 30.1 Å². The molecule has 1 aromatic carbocycles. The summed E-state index contributed by atoms with van der Waals surface area (Å²) < 4.78 is 6.04. The molecule has 1 aromatic heterocycles. The average molecular weight is 346 g/mol. The maximum absolute atomic E-state index is 12.2. The third kappa shape index (κ3) is 3.20. The lowest BCUT2D eigenvalue weighted by Crippen LogP contribution is -2.43. The molecule has 126 valence electrons. The Morgan fingerprint density at radius 1 is 1.25 bits per heavy atom. The van der Waals surface area contributed by atoms with Gasteiger partial charge in [-0.15, -0.1) is 0 Å². The molecular formula is C18H20ClN3O2. The van der Waals surface area contributed by atoms with Gasteiger partial charge in [0, 0.05) is 42.6 Å². The number of halogens is 1. The van der Waals surface area contributed by atoms with Gasteiger partial charge in [-0.1, -0.05) is 23.7 Å². The predicted octanol–water partition coefficient (Wildman–Crippen LogP) is 2.61. The lowest BCUT2D eigenvalue weighted by molar-refractivity contribution is -0.0502. The summed E-state index contributed by atoms with van der Waals surface area (Å²) in [5.41, 5.74) is 1.83. The number of H-pyrrole nitrogens is 1. The van der Waals surface area contributed by atoms with Crippen molar-refractivity contribution in [3.8, 4) is 0 Å². The van der Waals surface area contributed by atoms with E-state index in [0.29, 0.717) is 18.2 Å². The molecule has 5 nitrogen and oxygen atoms in total. The Kier molecular flexibility index (Phi) is 4.31. The van der Waals surface area contributed by atoms with Crippen LogP contribution in [0.4, 0.5) is 0 Å². The number of benzene rings is 1. The Labute approximate surface area is 145 Å². The minimum Gasteiger partial charge on any atom is -0.371 e. The minimum atomic E-state index is -0.0173. The van der Waals surface area contributed by atoms with E-state index in [2.05, 4.69) is 15.2 Å². The van der Waals surface area contributed by atoms with Gasteiger partial charge in [0.25, 0.3) is 5.91 Å². The SMILES string of the molecule is O=C(N[C@H]1C[C@H]2CO[C@@H](c3ccc(Cl)cc3)CN2C1)c1cc[nH]c1. The maximum Gasteiger partial charge on any atom is 0.253 e. The summed E-state index contributed by atoms with van der Waals surface area (Å²) in [4.78, 5) is 17.5. The van der Waals surface area contributed by atoms with E-state index >= 15 is 0 Å². The number of nitrogens with zero attached hydrogens (tertiary/aromatic N) is 1. The maximum atomic E-state index is 12.2. The fourth-order valence-corrected chi connectivity index (χ4v) is 3.72. The minimum absolute atomic E-state index is 0.0173. The van der Waals surface area contributed by atoms with Crippen molar-refractivity contribution in [2.45, 2.75) is 24.6 Å². The highest BCUT2D eigenvalue weighted by Gasteiger charge is 2.38.